The maximum absolute atomic E-state index is 12.7. The first kappa shape index (κ1) is 22.2. The van der Waals surface area contributed by atoms with Gasteiger partial charge in [0.05, 0.1) is 27.1 Å². The minimum atomic E-state index is -1.11. The van der Waals surface area contributed by atoms with Gasteiger partial charge in [-0.05, 0) is 31.3 Å². The number of hydrogen-bond donors (Lipinski definition) is 2. The normalized spacial score (nSPS) is 21.1. The number of nitrogens with zero attached hydrogens (tertiary/aromatic N) is 5. The van der Waals surface area contributed by atoms with Crippen molar-refractivity contribution in [3.63, 3.8) is 0 Å². The second-order valence-electron chi connectivity index (χ2n) is 8.77. The molecule has 0 saturated heterocycles. The Morgan fingerprint density at radius 3 is 2.67 bits per heavy atom. The zero-order valence-corrected chi connectivity index (χ0v) is 20.0. The van der Waals surface area contributed by atoms with E-state index in [1.54, 1.807) is 12.4 Å². The van der Waals surface area contributed by atoms with Crippen LogP contribution in [0.25, 0.3) is 5.57 Å². The summed E-state index contributed by atoms with van der Waals surface area (Å²) in [5.74, 6) is 2.49. The van der Waals surface area contributed by atoms with E-state index in [9.17, 15) is 9.00 Å². The molecular weight excluding hydrogens is 462 g/mol. The number of anilines is 2. The van der Waals surface area contributed by atoms with Crippen LogP contribution in [-0.4, -0.2) is 61.0 Å². The van der Waals surface area contributed by atoms with Crippen LogP contribution in [0.15, 0.2) is 23.4 Å². The van der Waals surface area contributed by atoms with Crippen molar-refractivity contribution in [2.24, 2.45) is 0 Å². The number of aromatic nitrogens is 4. The highest BCUT2D eigenvalue weighted by Gasteiger charge is 2.39. The predicted octanol–water partition coefficient (Wildman–Crippen LogP) is 2.35. The van der Waals surface area contributed by atoms with Crippen LogP contribution in [-0.2, 0) is 22.0 Å². The van der Waals surface area contributed by atoms with E-state index in [4.69, 9.17) is 21.6 Å². The van der Waals surface area contributed by atoms with Gasteiger partial charge in [-0.15, -0.1) is 0 Å². The largest absolute Gasteiger partial charge is 0.362 e. The van der Waals surface area contributed by atoms with Crippen LogP contribution >= 0.6 is 11.6 Å². The fourth-order valence-electron chi connectivity index (χ4n) is 4.44. The van der Waals surface area contributed by atoms with Gasteiger partial charge in [-0.2, -0.15) is 4.98 Å². The molecule has 0 unspecified atom stereocenters. The number of carbonyl (C=O) groups excluding carboxylic acids is 1. The number of hydrogen-bond acceptors (Lipinski definition) is 8. The molecule has 1 saturated carbocycles. The van der Waals surface area contributed by atoms with Gasteiger partial charge in [0.15, 0.2) is 5.82 Å². The summed E-state index contributed by atoms with van der Waals surface area (Å²) < 4.78 is 12.7. The first-order chi connectivity index (χ1) is 15.9. The van der Waals surface area contributed by atoms with E-state index in [0.717, 1.165) is 48.4 Å². The molecule has 3 aliphatic rings. The smallest absolute Gasteiger partial charge is 0.227 e. The van der Waals surface area contributed by atoms with E-state index in [2.05, 4.69) is 31.6 Å². The number of rotatable bonds is 6. The number of halogens is 1. The zero-order chi connectivity index (χ0) is 23.0. The fraction of sp³-hybridized carbons (Fsp3) is 0.500. The summed E-state index contributed by atoms with van der Waals surface area (Å²) in [4.78, 5) is 32.6. The molecule has 9 nitrogen and oxygen atoms in total. The highest BCUT2D eigenvalue weighted by atomic mass is 35.5. The van der Waals surface area contributed by atoms with Crippen LogP contribution < -0.4 is 15.5 Å². The van der Waals surface area contributed by atoms with Crippen LogP contribution in [0.4, 0.5) is 11.8 Å². The van der Waals surface area contributed by atoms with Gasteiger partial charge < -0.3 is 15.5 Å². The Kier molecular flexibility index (Phi) is 6.05. The molecule has 0 aromatic carbocycles. The molecule has 1 fully saturated rings. The summed E-state index contributed by atoms with van der Waals surface area (Å²) in [6.07, 6.45) is 9.71. The monoisotopic (exact) mass is 487 g/mol. The number of fused-ring (bicyclic) bond motifs is 1. The molecule has 1 amide bonds. The average Bonchev–Trinajstić information content (AvgIpc) is 3.17. The number of aryl methyl sites for hydroxylation is 1. The van der Waals surface area contributed by atoms with Gasteiger partial charge in [-0.1, -0.05) is 17.7 Å². The molecule has 2 aromatic rings. The van der Waals surface area contributed by atoms with Gasteiger partial charge in [0.1, 0.15) is 10.7 Å². The fourth-order valence-corrected chi connectivity index (χ4v) is 5.84. The van der Waals surface area contributed by atoms with Gasteiger partial charge in [-0.3, -0.25) is 9.00 Å². The minimum Gasteiger partial charge on any atom is -0.362 e. The van der Waals surface area contributed by atoms with Crippen LogP contribution in [0.5, 0.6) is 0 Å². The molecule has 11 heteroatoms. The zero-order valence-electron chi connectivity index (χ0n) is 18.4. The SMILES string of the molecule is CC(=O)NCC1(Nc2nc(N3CC=C(c4ncc(Cl)cn4)CC3)nc3c2[S@@](=O)CC3)CCC1. The topological polar surface area (TPSA) is 113 Å². The maximum Gasteiger partial charge on any atom is 0.227 e. The molecule has 1 aliphatic carbocycles. The number of nitrogens with one attached hydrogen (secondary N) is 2. The third-order valence-electron chi connectivity index (χ3n) is 6.45. The van der Waals surface area contributed by atoms with E-state index >= 15 is 0 Å². The average molecular weight is 488 g/mol. The number of carbonyl (C=O) groups is 1. The van der Waals surface area contributed by atoms with Crippen LogP contribution in [0.2, 0.25) is 5.02 Å². The molecule has 2 aromatic heterocycles. The molecule has 0 radical (unpaired) electrons. The summed E-state index contributed by atoms with van der Waals surface area (Å²) in [6.45, 7) is 3.42. The molecule has 5 rings (SSSR count). The van der Waals surface area contributed by atoms with Crippen molar-refractivity contribution in [2.75, 3.05) is 35.6 Å². The first-order valence-corrected chi connectivity index (χ1v) is 12.9. The van der Waals surface area contributed by atoms with Gasteiger partial charge in [0, 0.05) is 51.1 Å². The van der Waals surface area contributed by atoms with Crippen LogP contribution in [0, 0.1) is 0 Å². The Bertz CT molecular complexity index is 1130. The third-order valence-corrected chi connectivity index (χ3v) is 8.10. The Morgan fingerprint density at radius 2 is 2.03 bits per heavy atom. The molecule has 0 bridgehead atoms. The van der Waals surface area contributed by atoms with Gasteiger partial charge in [0.2, 0.25) is 11.9 Å². The second kappa shape index (κ2) is 8.98. The van der Waals surface area contributed by atoms with Crippen molar-refractivity contribution in [3.8, 4) is 0 Å². The maximum atomic E-state index is 12.7. The number of amides is 1. The van der Waals surface area contributed by atoms with Crippen molar-refractivity contribution in [1.82, 2.24) is 25.3 Å². The lowest BCUT2D eigenvalue weighted by molar-refractivity contribution is -0.119. The highest BCUT2D eigenvalue weighted by molar-refractivity contribution is 7.85. The van der Waals surface area contributed by atoms with Crippen LogP contribution in [0.1, 0.15) is 44.1 Å². The summed E-state index contributed by atoms with van der Waals surface area (Å²) in [7, 11) is -1.11. The standard InChI is InChI=1S/C22H26ClN7O2S/c1-14(31)26-13-22(6-2-7-22)29-20-18-17(5-10-33(18)32)27-21(28-20)30-8-3-15(4-9-30)19-24-11-16(23)12-25-19/h3,11-12H,2,4-10,13H2,1H3,(H,26,31)(H,27,28,29)/t33-/m0/s1. The Labute approximate surface area is 199 Å². The lowest BCUT2D eigenvalue weighted by Gasteiger charge is -2.43. The molecule has 33 heavy (non-hydrogen) atoms. The Hall–Kier alpha value is -2.59. The third kappa shape index (κ3) is 4.59. The predicted molar refractivity (Wildman–Crippen MR) is 128 cm³/mol. The molecule has 4 heterocycles. The summed E-state index contributed by atoms with van der Waals surface area (Å²) in [5, 5.41) is 7.01. The lowest BCUT2D eigenvalue weighted by atomic mass is 9.76. The van der Waals surface area contributed by atoms with E-state index < -0.39 is 10.8 Å². The van der Waals surface area contributed by atoms with E-state index in [1.165, 1.54) is 6.92 Å². The quantitative estimate of drug-likeness (QED) is 0.638. The van der Waals surface area contributed by atoms with Crippen molar-refractivity contribution in [1.29, 1.82) is 0 Å². The summed E-state index contributed by atoms with van der Waals surface area (Å²) in [6, 6.07) is 0. The molecule has 2 N–H and O–H groups in total. The summed E-state index contributed by atoms with van der Waals surface area (Å²) in [5.41, 5.74) is 1.68. The summed E-state index contributed by atoms with van der Waals surface area (Å²) >= 11 is 5.90. The van der Waals surface area contributed by atoms with Gasteiger partial charge >= 0.3 is 0 Å². The van der Waals surface area contributed by atoms with E-state index in [1.807, 2.05) is 0 Å². The van der Waals surface area contributed by atoms with Crippen molar-refractivity contribution in [2.45, 2.75) is 49.5 Å². The van der Waals surface area contributed by atoms with Gasteiger partial charge in [-0.25, -0.2) is 15.0 Å². The lowest BCUT2D eigenvalue weighted by Crippen LogP contribution is -2.53. The first-order valence-electron chi connectivity index (χ1n) is 11.2. The van der Waals surface area contributed by atoms with Crippen molar-refractivity contribution < 1.29 is 9.00 Å². The molecular formula is C22H26ClN7O2S. The molecule has 174 valence electrons. The molecule has 1 atom stereocenters. The molecule has 0 spiro atoms. The highest BCUT2D eigenvalue weighted by Crippen LogP contribution is 2.38. The Balaban J connectivity index is 1.40. The Morgan fingerprint density at radius 1 is 1.24 bits per heavy atom. The van der Waals surface area contributed by atoms with E-state index in [-0.39, 0.29) is 11.4 Å². The van der Waals surface area contributed by atoms with E-state index in [0.29, 0.717) is 47.9 Å². The van der Waals surface area contributed by atoms with Crippen LogP contribution in [0.3, 0.4) is 0 Å². The second-order valence-corrected chi connectivity index (χ2v) is 10.7. The van der Waals surface area contributed by atoms with Crippen molar-refractivity contribution >= 4 is 45.6 Å². The minimum absolute atomic E-state index is 0.0548. The molecule has 2 aliphatic heterocycles. The van der Waals surface area contributed by atoms with Crippen molar-refractivity contribution in [3.05, 3.63) is 35.0 Å². The van der Waals surface area contributed by atoms with Gasteiger partial charge in [0.25, 0.3) is 0 Å².